The second-order valence-electron chi connectivity index (χ2n) is 5.74. The molecule has 1 N–H and O–H groups in total. The van der Waals surface area contributed by atoms with E-state index in [4.69, 9.17) is 0 Å². The van der Waals surface area contributed by atoms with E-state index in [2.05, 4.69) is 15.3 Å². The van der Waals surface area contributed by atoms with E-state index in [1.807, 2.05) is 24.3 Å². The van der Waals surface area contributed by atoms with Gasteiger partial charge in [-0.1, -0.05) is 12.1 Å². The van der Waals surface area contributed by atoms with Gasteiger partial charge in [-0.25, -0.2) is 18.4 Å². The summed E-state index contributed by atoms with van der Waals surface area (Å²) in [6, 6.07) is 7.29. The van der Waals surface area contributed by atoms with Gasteiger partial charge in [-0.15, -0.1) is 0 Å². The van der Waals surface area contributed by atoms with E-state index in [1.165, 1.54) is 6.33 Å². The minimum atomic E-state index is -3.00. The standard InChI is InChI=1S/C15H18N4O3S/c1-19(8-14(20)18-11-6-7-23(21,22)9-11)15-12-4-2-3-5-13(12)16-10-17-15/h2-5,10-11H,6-9H2,1H3,(H,18,20). The van der Waals surface area contributed by atoms with Crippen LogP contribution in [-0.4, -0.2) is 55.4 Å². The van der Waals surface area contributed by atoms with Crippen LogP contribution in [0, 0.1) is 0 Å². The van der Waals surface area contributed by atoms with Crippen molar-refractivity contribution in [2.75, 3.05) is 30.0 Å². The van der Waals surface area contributed by atoms with Crippen molar-refractivity contribution < 1.29 is 13.2 Å². The molecular weight excluding hydrogens is 316 g/mol. The maximum absolute atomic E-state index is 12.1. The second kappa shape index (κ2) is 6.11. The van der Waals surface area contributed by atoms with Crippen molar-refractivity contribution in [1.29, 1.82) is 0 Å². The van der Waals surface area contributed by atoms with Crippen LogP contribution in [0.3, 0.4) is 0 Å². The number of hydrogen-bond acceptors (Lipinski definition) is 6. The molecule has 1 amide bonds. The van der Waals surface area contributed by atoms with Gasteiger partial charge in [0.1, 0.15) is 12.1 Å². The molecule has 0 bridgehead atoms. The summed E-state index contributed by atoms with van der Waals surface area (Å²) in [5.41, 5.74) is 0.812. The van der Waals surface area contributed by atoms with Gasteiger partial charge in [-0.3, -0.25) is 4.79 Å². The molecule has 1 atom stereocenters. The molecule has 23 heavy (non-hydrogen) atoms. The highest BCUT2D eigenvalue weighted by molar-refractivity contribution is 7.91. The molecule has 1 aromatic heterocycles. The zero-order valence-electron chi connectivity index (χ0n) is 12.8. The Morgan fingerprint density at radius 1 is 1.35 bits per heavy atom. The molecule has 2 aromatic rings. The Balaban J connectivity index is 1.68. The molecule has 0 spiro atoms. The average molecular weight is 334 g/mol. The van der Waals surface area contributed by atoms with Gasteiger partial charge in [0.15, 0.2) is 9.84 Å². The lowest BCUT2D eigenvalue weighted by molar-refractivity contribution is -0.120. The average Bonchev–Trinajstić information content (AvgIpc) is 2.85. The van der Waals surface area contributed by atoms with Crippen molar-refractivity contribution in [3.63, 3.8) is 0 Å². The predicted molar refractivity (Wildman–Crippen MR) is 88.0 cm³/mol. The predicted octanol–water partition coefficient (Wildman–Crippen LogP) is 0.369. The first-order valence-corrected chi connectivity index (χ1v) is 9.17. The van der Waals surface area contributed by atoms with Gasteiger partial charge in [0.05, 0.1) is 23.6 Å². The minimum Gasteiger partial charge on any atom is -0.351 e. The van der Waals surface area contributed by atoms with Crippen LogP contribution in [0.15, 0.2) is 30.6 Å². The number of para-hydroxylation sites is 1. The third kappa shape index (κ3) is 3.58. The zero-order chi connectivity index (χ0) is 16.4. The smallest absolute Gasteiger partial charge is 0.239 e. The van der Waals surface area contributed by atoms with E-state index in [9.17, 15) is 13.2 Å². The number of aromatic nitrogens is 2. The Morgan fingerprint density at radius 2 is 2.13 bits per heavy atom. The number of benzene rings is 1. The maximum atomic E-state index is 12.1. The number of fused-ring (bicyclic) bond motifs is 1. The number of likely N-dealkylation sites (N-methyl/N-ethyl adjacent to an activating group) is 1. The largest absolute Gasteiger partial charge is 0.351 e. The van der Waals surface area contributed by atoms with Crippen molar-refractivity contribution in [3.05, 3.63) is 30.6 Å². The summed E-state index contributed by atoms with van der Waals surface area (Å²) in [4.78, 5) is 22.3. The summed E-state index contributed by atoms with van der Waals surface area (Å²) < 4.78 is 22.9. The van der Waals surface area contributed by atoms with Gasteiger partial charge in [0.25, 0.3) is 0 Å². The van der Waals surface area contributed by atoms with Crippen LogP contribution < -0.4 is 10.2 Å². The minimum absolute atomic E-state index is 0.0267. The van der Waals surface area contributed by atoms with Crippen LogP contribution in [0.5, 0.6) is 0 Å². The molecule has 1 aliphatic rings. The quantitative estimate of drug-likeness (QED) is 0.868. The van der Waals surface area contributed by atoms with Crippen LogP contribution in [0.2, 0.25) is 0 Å². The second-order valence-corrected chi connectivity index (χ2v) is 7.97. The van der Waals surface area contributed by atoms with Gasteiger partial charge in [0.2, 0.25) is 5.91 Å². The van der Waals surface area contributed by atoms with Gasteiger partial charge in [-0.05, 0) is 18.6 Å². The first-order chi connectivity index (χ1) is 10.9. The Morgan fingerprint density at radius 3 is 2.87 bits per heavy atom. The normalized spacial score (nSPS) is 19.6. The molecule has 1 aromatic carbocycles. The highest BCUT2D eigenvalue weighted by Gasteiger charge is 2.29. The topological polar surface area (TPSA) is 92.3 Å². The molecule has 8 heteroatoms. The molecule has 2 heterocycles. The Bertz CT molecular complexity index is 832. The van der Waals surface area contributed by atoms with Gasteiger partial charge in [-0.2, -0.15) is 0 Å². The fourth-order valence-electron chi connectivity index (χ4n) is 2.77. The first-order valence-electron chi connectivity index (χ1n) is 7.35. The van der Waals surface area contributed by atoms with Gasteiger partial charge >= 0.3 is 0 Å². The molecular formula is C15H18N4O3S. The number of nitrogens with zero attached hydrogens (tertiary/aromatic N) is 3. The van der Waals surface area contributed by atoms with Crippen LogP contribution >= 0.6 is 0 Å². The summed E-state index contributed by atoms with van der Waals surface area (Å²) in [6.07, 6.45) is 1.95. The van der Waals surface area contributed by atoms with E-state index >= 15 is 0 Å². The van der Waals surface area contributed by atoms with Crippen molar-refractivity contribution in [2.45, 2.75) is 12.5 Å². The van der Waals surface area contributed by atoms with Crippen LogP contribution in [0.1, 0.15) is 6.42 Å². The monoisotopic (exact) mass is 334 g/mol. The number of sulfone groups is 1. The summed E-state index contributed by atoms with van der Waals surface area (Å²) in [6.45, 7) is 0.109. The van der Waals surface area contributed by atoms with Crippen LogP contribution in [-0.2, 0) is 14.6 Å². The Hall–Kier alpha value is -2.22. The highest BCUT2D eigenvalue weighted by Crippen LogP contribution is 2.21. The highest BCUT2D eigenvalue weighted by atomic mass is 32.2. The third-order valence-corrected chi connectivity index (χ3v) is 5.63. The molecule has 1 unspecified atom stereocenters. The number of rotatable bonds is 4. The molecule has 0 aliphatic carbocycles. The van der Waals surface area contributed by atoms with Crippen LogP contribution in [0.4, 0.5) is 5.82 Å². The number of carbonyl (C=O) groups is 1. The van der Waals surface area contributed by atoms with Gasteiger partial charge in [0, 0.05) is 18.5 Å². The molecule has 122 valence electrons. The summed E-state index contributed by atoms with van der Waals surface area (Å²) in [5.74, 6) is 0.630. The fraction of sp³-hybridized carbons (Fsp3) is 0.400. The Labute approximate surface area is 134 Å². The number of anilines is 1. The number of amides is 1. The molecule has 3 rings (SSSR count). The van der Waals surface area contributed by atoms with Crippen molar-refractivity contribution in [1.82, 2.24) is 15.3 Å². The zero-order valence-corrected chi connectivity index (χ0v) is 13.6. The number of hydrogen-bond donors (Lipinski definition) is 1. The lowest BCUT2D eigenvalue weighted by Crippen LogP contribution is -2.41. The summed E-state index contributed by atoms with van der Waals surface area (Å²) >= 11 is 0. The Kier molecular flexibility index (Phi) is 4.16. The summed E-state index contributed by atoms with van der Waals surface area (Å²) in [5, 5.41) is 3.65. The van der Waals surface area contributed by atoms with Crippen molar-refractivity contribution >= 4 is 32.5 Å². The van der Waals surface area contributed by atoms with E-state index in [0.29, 0.717) is 12.2 Å². The number of nitrogens with one attached hydrogen (secondary N) is 1. The maximum Gasteiger partial charge on any atom is 0.239 e. The summed E-state index contributed by atoms with van der Waals surface area (Å²) in [7, 11) is -1.22. The van der Waals surface area contributed by atoms with Crippen molar-refractivity contribution in [2.24, 2.45) is 0 Å². The molecule has 1 saturated heterocycles. The molecule has 7 nitrogen and oxygen atoms in total. The van der Waals surface area contributed by atoms with E-state index < -0.39 is 9.84 Å². The molecule has 0 radical (unpaired) electrons. The van der Waals surface area contributed by atoms with Crippen LogP contribution in [0.25, 0.3) is 10.9 Å². The lowest BCUT2D eigenvalue weighted by atomic mass is 10.2. The molecule has 1 fully saturated rings. The number of carbonyl (C=O) groups excluding carboxylic acids is 1. The van der Waals surface area contributed by atoms with E-state index in [1.54, 1.807) is 11.9 Å². The van der Waals surface area contributed by atoms with E-state index in [0.717, 1.165) is 10.9 Å². The fourth-order valence-corrected chi connectivity index (χ4v) is 4.44. The van der Waals surface area contributed by atoms with E-state index in [-0.39, 0.29) is 30.0 Å². The lowest BCUT2D eigenvalue weighted by Gasteiger charge is -2.20. The molecule has 1 aliphatic heterocycles. The van der Waals surface area contributed by atoms with Crippen molar-refractivity contribution in [3.8, 4) is 0 Å². The SMILES string of the molecule is CN(CC(=O)NC1CCS(=O)(=O)C1)c1ncnc2ccccc12. The third-order valence-electron chi connectivity index (χ3n) is 3.86. The van der Waals surface area contributed by atoms with Gasteiger partial charge < -0.3 is 10.2 Å². The molecule has 0 saturated carbocycles. The first kappa shape index (κ1) is 15.7.